The number of aryl methyl sites for hydroxylation is 1. The third-order valence-corrected chi connectivity index (χ3v) is 14.1. The Hall–Kier alpha value is -7.22. The average molecular weight is 780 g/mol. The fourth-order valence-electron chi connectivity index (χ4n) is 11.3. The maximum atomic E-state index is 2.54. The van der Waals surface area contributed by atoms with Crippen LogP contribution in [0.2, 0.25) is 0 Å². The van der Waals surface area contributed by atoms with E-state index in [1.807, 2.05) is 0 Å². The highest BCUT2D eigenvalue weighted by molar-refractivity contribution is 5.99. The van der Waals surface area contributed by atoms with E-state index < -0.39 is 0 Å². The van der Waals surface area contributed by atoms with Crippen molar-refractivity contribution in [1.82, 2.24) is 0 Å². The van der Waals surface area contributed by atoms with E-state index in [4.69, 9.17) is 0 Å². The molecule has 0 aliphatic heterocycles. The van der Waals surface area contributed by atoms with Gasteiger partial charge < -0.3 is 4.90 Å². The summed E-state index contributed by atoms with van der Waals surface area (Å²) < 4.78 is 0. The second-order valence-electron chi connectivity index (χ2n) is 17.5. The van der Waals surface area contributed by atoms with Crippen LogP contribution in [0.25, 0.3) is 55.6 Å². The Labute approximate surface area is 359 Å². The number of benzene rings is 9. The van der Waals surface area contributed by atoms with Crippen LogP contribution in [0.1, 0.15) is 59.7 Å². The minimum absolute atomic E-state index is 0.137. The van der Waals surface area contributed by atoms with Crippen molar-refractivity contribution in [1.29, 1.82) is 0 Å². The second kappa shape index (κ2) is 13.4. The molecule has 0 saturated heterocycles. The molecule has 3 aliphatic rings. The molecule has 0 heterocycles. The summed E-state index contributed by atoms with van der Waals surface area (Å²) in [6.45, 7) is 7.02. The Bertz CT molecular complexity index is 3180. The molecule has 290 valence electrons. The van der Waals surface area contributed by atoms with Gasteiger partial charge in [0, 0.05) is 22.2 Å². The standard InChI is InChI=1S/C60H45N/c1-4-39-30-33-44(41-31-35-55-50(37-41)48-24-11-16-28-54(48)60(55)52-26-14-9-22-46(52)47-23-10-15-27-53(47)60)58(36-39)61(57-29-17-12-20-43(57)40-18-6-5-7-19-40)42-32-34-49-45-21-8-13-25-51(45)59(2,3)56(49)38-42/h5-38H,4H2,1-3H3. The largest absolute Gasteiger partial charge is 0.309 e. The number of fused-ring (bicyclic) bond motifs is 13. The molecule has 9 aromatic rings. The summed E-state index contributed by atoms with van der Waals surface area (Å²) in [4.78, 5) is 2.54. The van der Waals surface area contributed by atoms with Gasteiger partial charge in [-0.2, -0.15) is 0 Å². The lowest BCUT2D eigenvalue weighted by Gasteiger charge is -2.32. The van der Waals surface area contributed by atoms with Gasteiger partial charge in [-0.25, -0.2) is 0 Å². The van der Waals surface area contributed by atoms with Crippen LogP contribution in [0.3, 0.4) is 0 Å². The lowest BCUT2D eigenvalue weighted by Crippen LogP contribution is -2.25. The summed E-state index contributed by atoms with van der Waals surface area (Å²) in [7, 11) is 0. The second-order valence-corrected chi connectivity index (χ2v) is 17.5. The smallest absolute Gasteiger partial charge is 0.0725 e. The normalized spacial score (nSPS) is 14.1. The van der Waals surface area contributed by atoms with Crippen molar-refractivity contribution in [3.05, 3.63) is 245 Å². The van der Waals surface area contributed by atoms with Gasteiger partial charge in [-0.15, -0.1) is 0 Å². The Balaban J connectivity index is 1.11. The van der Waals surface area contributed by atoms with Crippen molar-refractivity contribution in [2.45, 2.75) is 38.0 Å². The molecule has 0 amide bonds. The van der Waals surface area contributed by atoms with Crippen molar-refractivity contribution < 1.29 is 0 Å². The lowest BCUT2D eigenvalue weighted by atomic mass is 9.70. The lowest BCUT2D eigenvalue weighted by molar-refractivity contribution is 0.660. The van der Waals surface area contributed by atoms with Gasteiger partial charge in [-0.05, 0) is 120 Å². The Morgan fingerprint density at radius 3 is 1.49 bits per heavy atom. The van der Waals surface area contributed by atoms with Gasteiger partial charge in [0.2, 0.25) is 0 Å². The monoisotopic (exact) mass is 779 g/mol. The van der Waals surface area contributed by atoms with Crippen molar-refractivity contribution in [3.63, 3.8) is 0 Å². The highest BCUT2D eigenvalue weighted by Crippen LogP contribution is 2.63. The van der Waals surface area contributed by atoms with E-state index in [1.165, 1.54) is 100 Å². The van der Waals surface area contributed by atoms with E-state index >= 15 is 0 Å². The molecule has 1 heteroatoms. The van der Waals surface area contributed by atoms with Crippen LogP contribution in [0.15, 0.2) is 206 Å². The van der Waals surface area contributed by atoms with E-state index in [9.17, 15) is 0 Å². The van der Waals surface area contributed by atoms with Crippen molar-refractivity contribution >= 4 is 17.1 Å². The fraction of sp³-hybridized carbons (Fsp3) is 0.100. The first kappa shape index (κ1) is 35.7. The van der Waals surface area contributed by atoms with Gasteiger partial charge in [0.15, 0.2) is 0 Å². The summed E-state index contributed by atoms with van der Waals surface area (Å²) in [6, 6.07) is 77.6. The predicted molar refractivity (Wildman–Crippen MR) is 255 cm³/mol. The zero-order valence-electron chi connectivity index (χ0n) is 34.8. The van der Waals surface area contributed by atoms with Gasteiger partial charge in [0.05, 0.1) is 16.8 Å². The molecule has 0 aromatic heterocycles. The average Bonchev–Trinajstić information content (AvgIpc) is 3.88. The number of nitrogens with zero attached hydrogens (tertiary/aromatic N) is 1. The van der Waals surface area contributed by atoms with Gasteiger partial charge >= 0.3 is 0 Å². The molecule has 0 bridgehead atoms. The molecule has 0 atom stereocenters. The minimum atomic E-state index is -0.373. The van der Waals surface area contributed by atoms with Crippen LogP contribution in [-0.2, 0) is 17.3 Å². The molecular formula is C60H45N. The number of hydrogen-bond donors (Lipinski definition) is 0. The van der Waals surface area contributed by atoms with Crippen LogP contribution in [0.4, 0.5) is 17.1 Å². The molecular weight excluding hydrogens is 735 g/mol. The summed E-state index contributed by atoms with van der Waals surface area (Å²) in [5.41, 5.74) is 25.2. The quantitative estimate of drug-likeness (QED) is 0.162. The van der Waals surface area contributed by atoms with Crippen LogP contribution in [0.5, 0.6) is 0 Å². The molecule has 0 radical (unpaired) electrons. The summed E-state index contributed by atoms with van der Waals surface area (Å²) in [5, 5.41) is 0. The van der Waals surface area contributed by atoms with Crippen LogP contribution < -0.4 is 4.90 Å². The zero-order valence-corrected chi connectivity index (χ0v) is 34.8. The predicted octanol–water partition coefficient (Wildman–Crippen LogP) is 15.7. The van der Waals surface area contributed by atoms with Gasteiger partial charge in [-0.3, -0.25) is 0 Å². The summed E-state index contributed by atoms with van der Waals surface area (Å²) in [5.74, 6) is 0. The maximum Gasteiger partial charge on any atom is 0.0725 e. The highest BCUT2D eigenvalue weighted by Gasteiger charge is 2.51. The summed E-state index contributed by atoms with van der Waals surface area (Å²) >= 11 is 0. The Morgan fingerprint density at radius 2 is 0.836 bits per heavy atom. The van der Waals surface area contributed by atoms with Crippen LogP contribution in [0, 0.1) is 0 Å². The Morgan fingerprint density at radius 1 is 0.344 bits per heavy atom. The first-order chi connectivity index (χ1) is 30.0. The van der Waals surface area contributed by atoms with Crippen LogP contribution in [-0.4, -0.2) is 0 Å². The molecule has 9 aromatic carbocycles. The van der Waals surface area contributed by atoms with Gasteiger partial charge in [-0.1, -0.05) is 197 Å². The molecule has 3 aliphatic carbocycles. The maximum absolute atomic E-state index is 2.54. The van der Waals surface area contributed by atoms with E-state index in [-0.39, 0.29) is 10.8 Å². The van der Waals surface area contributed by atoms with Gasteiger partial charge in [0.25, 0.3) is 0 Å². The Kier molecular flexibility index (Phi) is 7.84. The first-order valence-electron chi connectivity index (χ1n) is 21.7. The molecule has 0 fully saturated rings. The van der Waals surface area contributed by atoms with E-state index in [2.05, 4.69) is 232 Å². The van der Waals surface area contributed by atoms with Crippen LogP contribution >= 0.6 is 0 Å². The molecule has 1 nitrogen and oxygen atoms in total. The highest BCUT2D eigenvalue weighted by atomic mass is 15.1. The number of rotatable bonds is 6. The third-order valence-electron chi connectivity index (χ3n) is 14.1. The van der Waals surface area contributed by atoms with E-state index in [0.717, 1.165) is 17.8 Å². The molecule has 0 N–H and O–H groups in total. The molecule has 0 unspecified atom stereocenters. The molecule has 12 rings (SSSR count). The van der Waals surface area contributed by atoms with Crippen molar-refractivity contribution in [2.24, 2.45) is 0 Å². The van der Waals surface area contributed by atoms with E-state index in [1.54, 1.807) is 0 Å². The van der Waals surface area contributed by atoms with E-state index in [0.29, 0.717) is 0 Å². The SMILES string of the molecule is CCc1ccc(-c2ccc3c(c2)-c2ccccc2C32c3ccccc3-c3ccccc32)c(N(c2ccc3c(c2)C(C)(C)c2ccccc2-3)c2ccccc2-c2ccccc2)c1. The topological polar surface area (TPSA) is 3.24 Å². The summed E-state index contributed by atoms with van der Waals surface area (Å²) in [6.07, 6.45) is 0.937. The zero-order chi connectivity index (χ0) is 40.9. The van der Waals surface area contributed by atoms with Crippen molar-refractivity contribution in [3.8, 4) is 55.6 Å². The molecule has 0 saturated carbocycles. The number of para-hydroxylation sites is 1. The minimum Gasteiger partial charge on any atom is -0.309 e. The molecule has 61 heavy (non-hydrogen) atoms. The first-order valence-corrected chi connectivity index (χ1v) is 21.7. The fourth-order valence-corrected chi connectivity index (χ4v) is 11.3. The molecule has 1 spiro atoms. The third kappa shape index (κ3) is 5.01. The number of anilines is 3. The van der Waals surface area contributed by atoms with Gasteiger partial charge in [0.1, 0.15) is 0 Å². The number of hydrogen-bond acceptors (Lipinski definition) is 1. The van der Waals surface area contributed by atoms with Crippen molar-refractivity contribution in [2.75, 3.05) is 4.90 Å².